The van der Waals surface area contributed by atoms with Crippen molar-refractivity contribution in [2.45, 2.75) is 111 Å². The normalized spacial score (nSPS) is 13.4. The molecule has 0 saturated carbocycles. The zero-order valence-electron chi connectivity index (χ0n) is 33.2. The van der Waals surface area contributed by atoms with E-state index in [1.807, 2.05) is 0 Å². The fourth-order valence-corrected chi connectivity index (χ4v) is 6.61. The monoisotopic (exact) mass is 804 g/mol. The predicted molar refractivity (Wildman–Crippen MR) is 194 cm³/mol. The van der Waals surface area contributed by atoms with Gasteiger partial charge in [0.25, 0.3) is 0 Å². The van der Waals surface area contributed by atoms with Crippen LogP contribution in [0.1, 0.15) is 83.1 Å². The largest absolute Gasteiger partial charge is 0.459 e. The van der Waals surface area contributed by atoms with Crippen molar-refractivity contribution in [1.29, 1.82) is 0 Å². The number of ether oxygens (including phenoxy) is 4. The van der Waals surface area contributed by atoms with Gasteiger partial charge in [-0.3, -0.25) is 47.8 Å². The van der Waals surface area contributed by atoms with E-state index in [9.17, 15) is 52.7 Å². The molecule has 0 rings (SSSR count). The Balaban J connectivity index is 6.29. The van der Waals surface area contributed by atoms with Gasteiger partial charge in [-0.2, -0.15) is 0 Å². The van der Waals surface area contributed by atoms with Crippen molar-refractivity contribution in [2.24, 2.45) is 0 Å². The van der Waals surface area contributed by atoms with Crippen LogP contribution in [0.15, 0.2) is 0 Å². The highest BCUT2D eigenvalue weighted by Gasteiger charge is 2.43. The maximum atomic E-state index is 12.9. The Kier molecular flexibility index (Phi) is 19.5. The first-order chi connectivity index (χ1) is 23.5. The van der Waals surface area contributed by atoms with Gasteiger partial charge in [-0.1, -0.05) is 0 Å². The van der Waals surface area contributed by atoms with Gasteiger partial charge in [-0.15, -0.1) is 0 Å². The number of carbonyl (C=O) groups is 5. The van der Waals surface area contributed by atoms with E-state index < -0.39 is 92.4 Å². The lowest BCUT2D eigenvalue weighted by Crippen LogP contribution is -2.48. The lowest BCUT2D eigenvalue weighted by molar-refractivity contribution is -0.161. The molecule has 0 aromatic rings. The summed E-state index contributed by atoms with van der Waals surface area (Å²) in [6.07, 6.45) is 0. The SMILES string of the molecule is CC(C)(C)OC(=O)CN(CCN(CC(=O)NCC(P(=O)(O)O)P(=O)(O)O)CC(=O)OC(C)(C)C)CCN(CC(=O)OC(C)(C)C)CC(=O)OC(C)(C)C. The van der Waals surface area contributed by atoms with E-state index in [2.05, 4.69) is 5.32 Å². The summed E-state index contributed by atoms with van der Waals surface area (Å²) >= 11 is 0. The van der Waals surface area contributed by atoms with Crippen LogP contribution in [-0.2, 0) is 52.1 Å². The molecule has 5 N–H and O–H groups in total. The molecule has 0 spiro atoms. The molecule has 0 aliphatic carbocycles. The summed E-state index contributed by atoms with van der Waals surface area (Å²) in [5.74, 6) is -3.46. The molecule has 21 heteroatoms. The molecule has 0 aliphatic rings. The minimum Gasteiger partial charge on any atom is -0.459 e. The van der Waals surface area contributed by atoms with E-state index in [0.29, 0.717) is 0 Å². The average molecular weight is 805 g/mol. The number of carbonyl (C=O) groups excluding carboxylic acids is 5. The topological polar surface area (TPSA) is 259 Å². The molecular formula is C32H62N4O15P2. The maximum absolute atomic E-state index is 12.9. The summed E-state index contributed by atoms with van der Waals surface area (Å²) in [6, 6.07) is 0. The van der Waals surface area contributed by atoms with Gasteiger partial charge in [-0.25, -0.2) is 0 Å². The zero-order valence-corrected chi connectivity index (χ0v) is 35.0. The number of rotatable bonds is 20. The van der Waals surface area contributed by atoms with Crippen LogP contribution in [0.25, 0.3) is 0 Å². The summed E-state index contributed by atoms with van der Waals surface area (Å²) < 4.78 is 45.1. The Bertz CT molecular complexity index is 1290. The molecule has 0 bridgehead atoms. The van der Waals surface area contributed by atoms with E-state index in [1.165, 1.54) is 9.80 Å². The Morgan fingerprint density at radius 1 is 0.491 bits per heavy atom. The number of hydrogen-bond acceptors (Lipinski definition) is 14. The predicted octanol–water partition coefficient (Wildman–Crippen LogP) is 1.06. The molecule has 0 aliphatic heterocycles. The molecule has 0 saturated heterocycles. The van der Waals surface area contributed by atoms with Crippen molar-refractivity contribution >= 4 is 45.0 Å². The lowest BCUT2D eigenvalue weighted by Gasteiger charge is -2.31. The Hall–Kier alpha value is -2.47. The van der Waals surface area contributed by atoms with Gasteiger partial charge < -0.3 is 43.8 Å². The molecule has 19 nitrogen and oxygen atoms in total. The third kappa shape index (κ3) is 26.9. The van der Waals surface area contributed by atoms with Crippen molar-refractivity contribution in [2.75, 3.05) is 65.4 Å². The van der Waals surface area contributed by atoms with E-state index in [1.54, 1.807) is 88.0 Å². The van der Waals surface area contributed by atoms with Crippen LogP contribution in [0.5, 0.6) is 0 Å². The van der Waals surface area contributed by atoms with Gasteiger partial charge in [-0.05, 0) is 83.1 Å². The molecule has 53 heavy (non-hydrogen) atoms. The second-order valence-electron chi connectivity index (χ2n) is 16.5. The summed E-state index contributed by atoms with van der Waals surface area (Å²) in [4.78, 5) is 106. The van der Waals surface area contributed by atoms with Crippen LogP contribution in [0.3, 0.4) is 0 Å². The minimum atomic E-state index is -5.32. The average Bonchev–Trinajstić information content (AvgIpc) is 2.83. The number of esters is 4. The molecule has 1 amide bonds. The summed E-state index contributed by atoms with van der Waals surface area (Å²) in [7, 11) is -10.6. The van der Waals surface area contributed by atoms with E-state index in [4.69, 9.17) is 18.9 Å². The van der Waals surface area contributed by atoms with Crippen molar-refractivity contribution in [3.63, 3.8) is 0 Å². The van der Waals surface area contributed by atoms with Gasteiger partial charge in [0.2, 0.25) is 5.91 Å². The molecule has 0 heterocycles. The standard InChI is InChI=1S/C32H62N4O15P2/c1-29(2,3)48-24(38)19-34(14-16-36(21-26(40)50-31(7,8)9)22-27(41)51-32(10,11)12)13-15-35(20-25(39)49-30(4,5)6)18-23(37)33-17-28(52(42,43)44)53(45,46)47/h28H,13-22H2,1-12H3,(H,33,37)(H2,42,43,44)(H2,45,46,47). The van der Waals surface area contributed by atoms with Gasteiger partial charge in [0.1, 0.15) is 22.4 Å². The van der Waals surface area contributed by atoms with Crippen LogP contribution in [0, 0.1) is 0 Å². The van der Waals surface area contributed by atoms with Crippen LogP contribution >= 0.6 is 15.2 Å². The Morgan fingerprint density at radius 2 is 0.736 bits per heavy atom. The Labute approximate surface area is 312 Å². The van der Waals surface area contributed by atoms with Crippen LogP contribution in [-0.4, -0.2) is 157 Å². The molecule has 0 atom stereocenters. The number of nitrogens with zero attached hydrogens (tertiary/aromatic N) is 3. The Morgan fingerprint density at radius 3 is 1.00 bits per heavy atom. The first-order valence-corrected chi connectivity index (χ1v) is 20.3. The van der Waals surface area contributed by atoms with E-state index in [0.717, 1.165) is 0 Å². The van der Waals surface area contributed by atoms with Gasteiger partial charge in [0.15, 0.2) is 5.40 Å². The third-order valence-electron chi connectivity index (χ3n) is 6.18. The zero-order chi connectivity index (χ0) is 41.8. The highest BCUT2D eigenvalue weighted by molar-refractivity contribution is 7.70. The van der Waals surface area contributed by atoms with Crippen LogP contribution in [0.2, 0.25) is 0 Å². The molecule has 0 radical (unpaired) electrons. The molecule has 0 aromatic carbocycles. The van der Waals surface area contributed by atoms with Crippen LogP contribution < -0.4 is 5.32 Å². The van der Waals surface area contributed by atoms with Crippen molar-refractivity contribution in [3.8, 4) is 0 Å². The number of nitrogens with one attached hydrogen (secondary N) is 1. The lowest BCUT2D eigenvalue weighted by atomic mass is 10.2. The first-order valence-electron chi connectivity index (χ1n) is 17.0. The second-order valence-corrected chi connectivity index (χ2v) is 20.5. The van der Waals surface area contributed by atoms with Crippen molar-refractivity contribution < 1.29 is 71.6 Å². The van der Waals surface area contributed by atoms with Crippen molar-refractivity contribution in [1.82, 2.24) is 20.0 Å². The van der Waals surface area contributed by atoms with E-state index >= 15 is 0 Å². The summed E-state index contributed by atoms with van der Waals surface area (Å²) in [5, 5.41) is -0.377. The molecule has 0 fully saturated rings. The quantitative estimate of drug-likeness (QED) is 0.0655. The van der Waals surface area contributed by atoms with Crippen LogP contribution in [0.4, 0.5) is 0 Å². The second kappa shape index (κ2) is 20.4. The number of hydrogen-bond donors (Lipinski definition) is 5. The molecular weight excluding hydrogens is 742 g/mol. The summed E-state index contributed by atoms with van der Waals surface area (Å²) in [5.41, 5.74) is -3.32. The third-order valence-corrected chi connectivity index (χ3v) is 9.90. The van der Waals surface area contributed by atoms with E-state index in [-0.39, 0.29) is 45.8 Å². The maximum Gasteiger partial charge on any atom is 0.342 e. The van der Waals surface area contributed by atoms with Gasteiger partial charge in [0, 0.05) is 32.7 Å². The van der Waals surface area contributed by atoms with Gasteiger partial charge >= 0.3 is 39.1 Å². The molecule has 0 unspecified atom stereocenters. The fraction of sp³-hybridized carbons (Fsp3) is 0.844. The fourth-order valence-electron chi connectivity index (χ4n) is 4.39. The minimum absolute atomic E-state index is 0.00955. The first kappa shape index (κ1) is 50.5. The molecule has 0 aromatic heterocycles. The summed E-state index contributed by atoms with van der Waals surface area (Å²) in [6.45, 7) is 17.3. The number of amides is 1. The van der Waals surface area contributed by atoms with Crippen molar-refractivity contribution in [3.05, 3.63) is 0 Å². The highest BCUT2D eigenvalue weighted by atomic mass is 31.2. The highest BCUT2D eigenvalue weighted by Crippen LogP contribution is 2.59. The molecule has 310 valence electrons. The smallest absolute Gasteiger partial charge is 0.342 e. The van der Waals surface area contributed by atoms with Gasteiger partial charge in [0.05, 0.1) is 32.7 Å².